The van der Waals surface area contributed by atoms with Crippen LogP contribution in [0.15, 0.2) is 24.3 Å². The smallest absolute Gasteiger partial charge is 0.122 e. The lowest BCUT2D eigenvalue weighted by molar-refractivity contribution is 0.00914. The van der Waals surface area contributed by atoms with Crippen molar-refractivity contribution in [2.24, 2.45) is 5.73 Å². The summed E-state index contributed by atoms with van der Waals surface area (Å²) < 4.78 is 11.1. The van der Waals surface area contributed by atoms with E-state index >= 15 is 0 Å². The average Bonchev–Trinajstić information content (AvgIpc) is 2.39. The molecule has 0 aliphatic carbocycles. The molecule has 3 heteroatoms. The van der Waals surface area contributed by atoms with Gasteiger partial charge in [-0.25, -0.2) is 0 Å². The van der Waals surface area contributed by atoms with Crippen LogP contribution in [0.3, 0.4) is 0 Å². The fourth-order valence-electron chi connectivity index (χ4n) is 2.24. The van der Waals surface area contributed by atoms with Gasteiger partial charge in [-0.1, -0.05) is 18.2 Å². The normalized spacial score (nSPS) is 25.4. The molecule has 0 saturated carbocycles. The Balaban J connectivity index is 2.07. The minimum atomic E-state index is 0.242. The molecule has 1 fully saturated rings. The van der Waals surface area contributed by atoms with Crippen LogP contribution in [0.1, 0.15) is 24.3 Å². The van der Waals surface area contributed by atoms with Crippen molar-refractivity contribution in [3.8, 4) is 5.75 Å². The lowest BCUT2D eigenvalue weighted by Crippen LogP contribution is -2.30. The molecule has 1 aromatic rings. The van der Waals surface area contributed by atoms with Gasteiger partial charge in [0.25, 0.3) is 0 Å². The highest BCUT2D eigenvalue weighted by atomic mass is 16.5. The van der Waals surface area contributed by atoms with Crippen molar-refractivity contribution in [2.45, 2.75) is 24.9 Å². The summed E-state index contributed by atoms with van der Waals surface area (Å²) in [6, 6.07) is 8.17. The van der Waals surface area contributed by atoms with Crippen molar-refractivity contribution >= 4 is 0 Å². The van der Waals surface area contributed by atoms with E-state index in [-0.39, 0.29) is 6.10 Å². The molecule has 2 atom stereocenters. The minimum absolute atomic E-state index is 0.242. The molecule has 2 N–H and O–H groups in total. The summed E-state index contributed by atoms with van der Waals surface area (Å²) in [6.07, 6.45) is 2.41. The topological polar surface area (TPSA) is 44.5 Å². The first-order valence-electron chi connectivity index (χ1n) is 5.79. The van der Waals surface area contributed by atoms with E-state index in [1.807, 2.05) is 18.2 Å². The predicted octanol–water partition coefficient (Wildman–Crippen LogP) is 1.92. The van der Waals surface area contributed by atoms with E-state index in [2.05, 4.69) is 6.07 Å². The lowest BCUT2D eigenvalue weighted by Gasteiger charge is -2.29. The molecule has 1 aromatic carbocycles. The number of ether oxygens (including phenoxy) is 2. The fourth-order valence-corrected chi connectivity index (χ4v) is 2.24. The Morgan fingerprint density at radius 3 is 2.81 bits per heavy atom. The van der Waals surface area contributed by atoms with Crippen molar-refractivity contribution in [3.63, 3.8) is 0 Å². The van der Waals surface area contributed by atoms with Gasteiger partial charge in [-0.05, 0) is 24.5 Å². The molecule has 1 saturated heterocycles. The van der Waals surface area contributed by atoms with E-state index in [9.17, 15) is 0 Å². The van der Waals surface area contributed by atoms with Crippen molar-refractivity contribution in [3.05, 3.63) is 29.8 Å². The van der Waals surface area contributed by atoms with Gasteiger partial charge < -0.3 is 15.2 Å². The molecule has 1 heterocycles. The molecule has 0 bridgehead atoms. The summed E-state index contributed by atoms with van der Waals surface area (Å²) in [5.41, 5.74) is 6.84. The van der Waals surface area contributed by atoms with E-state index in [1.165, 1.54) is 5.56 Å². The van der Waals surface area contributed by atoms with Gasteiger partial charge in [-0.2, -0.15) is 0 Å². The zero-order chi connectivity index (χ0) is 11.4. The lowest BCUT2D eigenvalue weighted by atomic mass is 9.91. The molecule has 0 spiro atoms. The highest BCUT2D eigenvalue weighted by Crippen LogP contribution is 2.33. The predicted molar refractivity (Wildman–Crippen MR) is 63.8 cm³/mol. The number of methoxy groups -OCH3 is 1. The molecular weight excluding hydrogens is 202 g/mol. The summed E-state index contributed by atoms with van der Waals surface area (Å²) in [5.74, 6) is 1.40. The third kappa shape index (κ3) is 2.36. The van der Waals surface area contributed by atoms with E-state index in [0.29, 0.717) is 12.5 Å². The average molecular weight is 221 g/mol. The van der Waals surface area contributed by atoms with Gasteiger partial charge in [0.05, 0.1) is 19.8 Å². The zero-order valence-corrected chi connectivity index (χ0v) is 9.69. The molecule has 3 nitrogen and oxygen atoms in total. The second-order valence-electron chi connectivity index (χ2n) is 4.21. The van der Waals surface area contributed by atoms with E-state index in [1.54, 1.807) is 7.11 Å². The molecule has 0 radical (unpaired) electrons. The molecule has 0 amide bonds. The number of para-hydroxylation sites is 1. The molecule has 1 aliphatic heterocycles. The van der Waals surface area contributed by atoms with E-state index in [4.69, 9.17) is 15.2 Å². The first-order valence-corrected chi connectivity index (χ1v) is 5.79. The number of hydrogen-bond donors (Lipinski definition) is 1. The Hall–Kier alpha value is -1.06. The molecule has 2 rings (SSSR count). The van der Waals surface area contributed by atoms with Gasteiger partial charge in [-0.3, -0.25) is 0 Å². The quantitative estimate of drug-likeness (QED) is 0.848. The summed E-state index contributed by atoms with van der Waals surface area (Å²) in [4.78, 5) is 0. The summed E-state index contributed by atoms with van der Waals surface area (Å²) in [6.45, 7) is 1.38. The SMILES string of the molecule is COc1ccccc1C1CCC(CN)OC1. The van der Waals surface area contributed by atoms with Crippen LogP contribution in [0.5, 0.6) is 5.75 Å². The van der Waals surface area contributed by atoms with Crippen LogP contribution in [0.25, 0.3) is 0 Å². The van der Waals surface area contributed by atoms with Crippen molar-refractivity contribution in [1.82, 2.24) is 0 Å². The van der Waals surface area contributed by atoms with Gasteiger partial charge in [0.1, 0.15) is 5.75 Å². The molecule has 0 aromatic heterocycles. The maximum atomic E-state index is 5.71. The van der Waals surface area contributed by atoms with Gasteiger partial charge >= 0.3 is 0 Å². The molecule has 88 valence electrons. The molecule has 2 unspecified atom stereocenters. The van der Waals surface area contributed by atoms with Crippen LogP contribution in [0, 0.1) is 0 Å². The maximum absolute atomic E-state index is 5.71. The van der Waals surface area contributed by atoms with E-state index in [0.717, 1.165) is 25.2 Å². The summed E-state index contributed by atoms with van der Waals surface area (Å²) in [7, 11) is 1.71. The maximum Gasteiger partial charge on any atom is 0.122 e. The zero-order valence-electron chi connectivity index (χ0n) is 9.69. The minimum Gasteiger partial charge on any atom is -0.496 e. The third-order valence-corrected chi connectivity index (χ3v) is 3.21. The van der Waals surface area contributed by atoms with Gasteiger partial charge in [0, 0.05) is 12.5 Å². The van der Waals surface area contributed by atoms with Crippen LogP contribution in [0.2, 0.25) is 0 Å². The van der Waals surface area contributed by atoms with Crippen molar-refractivity contribution in [1.29, 1.82) is 0 Å². The first kappa shape index (κ1) is 11.4. The third-order valence-electron chi connectivity index (χ3n) is 3.21. The van der Waals surface area contributed by atoms with Crippen LogP contribution in [-0.4, -0.2) is 26.4 Å². The Labute approximate surface area is 96.5 Å². The Bertz CT molecular complexity index is 332. The number of benzene rings is 1. The van der Waals surface area contributed by atoms with Crippen LogP contribution >= 0.6 is 0 Å². The Kier molecular flexibility index (Phi) is 3.80. The number of nitrogens with two attached hydrogens (primary N) is 1. The van der Waals surface area contributed by atoms with Crippen molar-refractivity contribution in [2.75, 3.05) is 20.3 Å². The highest BCUT2D eigenvalue weighted by Gasteiger charge is 2.23. The van der Waals surface area contributed by atoms with Gasteiger partial charge in [-0.15, -0.1) is 0 Å². The van der Waals surface area contributed by atoms with Crippen LogP contribution in [-0.2, 0) is 4.74 Å². The van der Waals surface area contributed by atoms with Crippen molar-refractivity contribution < 1.29 is 9.47 Å². The number of hydrogen-bond acceptors (Lipinski definition) is 3. The Morgan fingerprint density at radius 2 is 2.19 bits per heavy atom. The highest BCUT2D eigenvalue weighted by molar-refractivity contribution is 5.36. The van der Waals surface area contributed by atoms with Gasteiger partial charge in [0.15, 0.2) is 0 Å². The standard InChI is InChI=1S/C13H19NO2/c1-15-13-5-3-2-4-12(13)10-6-7-11(8-14)16-9-10/h2-5,10-11H,6-9,14H2,1H3. The monoisotopic (exact) mass is 221 g/mol. The largest absolute Gasteiger partial charge is 0.496 e. The second kappa shape index (κ2) is 5.32. The Morgan fingerprint density at radius 1 is 1.38 bits per heavy atom. The van der Waals surface area contributed by atoms with Gasteiger partial charge in [0.2, 0.25) is 0 Å². The molecule has 1 aliphatic rings. The number of rotatable bonds is 3. The van der Waals surface area contributed by atoms with Crippen LogP contribution < -0.4 is 10.5 Å². The second-order valence-corrected chi connectivity index (χ2v) is 4.21. The molecule has 16 heavy (non-hydrogen) atoms. The van der Waals surface area contributed by atoms with Crippen LogP contribution in [0.4, 0.5) is 0 Å². The summed E-state index contributed by atoms with van der Waals surface area (Å²) in [5, 5.41) is 0. The first-order chi connectivity index (χ1) is 7.85. The fraction of sp³-hybridized carbons (Fsp3) is 0.538. The van der Waals surface area contributed by atoms with E-state index < -0.39 is 0 Å². The molecular formula is C13H19NO2. The summed E-state index contributed by atoms with van der Waals surface area (Å²) >= 11 is 0.